The van der Waals surface area contributed by atoms with Crippen LogP contribution in [-0.2, 0) is 4.79 Å². The van der Waals surface area contributed by atoms with Gasteiger partial charge in [0.05, 0.1) is 6.10 Å². The number of nitrogens with zero attached hydrogens (tertiary/aromatic N) is 1. The summed E-state index contributed by atoms with van der Waals surface area (Å²) in [7, 11) is 1.69. The van der Waals surface area contributed by atoms with Gasteiger partial charge in [-0.3, -0.25) is 9.59 Å². The maximum absolute atomic E-state index is 12.3. The Morgan fingerprint density at radius 1 is 1.32 bits per heavy atom. The number of benzene rings is 1. The summed E-state index contributed by atoms with van der Waals surface area (Å²) in [5.41, 5.74) is 0.577. The first-order valence-electron chi connectivity index (χ1n) is 7.80. The van der Waals surface area contributed by atoms with E-state index in [1.165, 1.54) is 12.8 Å². The number of rotatable bonds is 7. The lowest BCUT2D eigenvalue weighted by Gasteiger charge is -2.18. The molecule has 1 fully saturated rings. The molecule has 0 aliphatic heterocycles. The standard InChI is InChI=1S/C17H23NO4/c1-18(11-5-10-16(19)20)17(21)13-6-4-9-15(12-13)22-14-7-2-3-8-14/h4,6,9,12,14H,2-3,5,7-8,10-11H2,1H3,(H,19,20). The lowest BCUT2D eigenvalue weighted by Crippen LogP contribution is -2.28. The number of carbonyl (C=O) groups excluding carboxylic acids is 1. The van der Waals surface area contributed by atoms with Gasteiger partial charge in [-0.1, -0.05) is 6.07 Å². The van der Waals surface area contributed by atoms with Gasteiger partial charge in [0.2, 0.25) is 0 Å². The van der Waals surface area contributed by atoms with Gasteiger partial charge in [-0.15, -0.1) is 0 Å². The number of ether oxygens (including phenoxy) is 1. The molecule has 0 spiro atoms. The molecule has 1 N–H and O–H groups in total. The van der Waals surface area contributed by atoms with Crippen LogP contribution in [0.4, 0.5) is 0 Å². The number of amides is 1. The van der Waals surface area contributed by atoms with Gasteiger partial charge in [0.15, 0.2) is 0 Å². The van der Waals surface area contributed by atoms with Crippen LogP contribution in [0.1, 0.15) is 48.9 Å². The summed E-state index contributed by atoms with van der Waals surface area (Å²) in [6.45, 7) is 0.429. The first-order valence-corrected chi connectivity index (χ1v) is 7.80. The van der Waals surface area contributed by atoms with Gasteiger partial charge in [0.1, 0.15) is 5.75 Å². The second-order valence-electron chi connectivity index (χ2n) is 5.78. The van der Waals surface area contributed by atoms with Crippen molar-refractivity contribution >= 4 is 11.9 Å². The van der Waals surface area contributed by atoms with Crippen molar-refractivity contribution in [3.05, 3.63) is 29.8 Å². The minimum absolute atomic E-state index is 0.0719. The lowest BCUT2D eigenvalue weighted by molar-refractivity contribution is -0.137. The highest BCUT2D eigenvalue weighted by atomic mass is 16.5. The number of hydrogen-bond donors (Lipinski definition) is 1. The van der Waals surface area contributed by atoms with E-state index in [4.69, 9.17) is 9.84 Å². The molecule has 5 heteroatoms. The summed E-state index contributed by atoms with van der Waals surface area (Å²) >= 11 is 0. The Morgan fingerprint density at radius 3 is 2.73 bits per heavy atom. The Balaban J connectivity index is 1.92. The Kier molecular flexibility index (Phi) is 5.81. The maximum Gasteiger partial charge on any atom is 0.303 e. The minimum Gasteiger partial charge on any atom is -0.490 e. The fourth-order valence-electron chi connectivity index (χ4n) is 2.69. The van der Waals surface area contributed by atoms with E-state index >= 15 is 0 Å². The molecule has 5 nitrogen and oxygen atoms in total. The molecule has 1 amide bonds. The van der Waals surface area contributed by atoms with Crippen LogP contribution in [0.15, 0.2) is 24.3 Å². The van der Waals surface area contributed by atoms with E-state index in [1.807, 2.05) is 12.1 Å². The van der Waals surface area contributed by atoms with E-state index in [-0.39, 0.29) is 18.4 Å². The molecule has 0 aromatic heterocycles. The van der Waals surface area contributed by atoms with E-state index in [0.717, 1.165) is 18.6 Å². The van der Waals surface area contributed by atoms with Gasteiger partial charge in [0, 0.05) is 25.6 Å². The molecule has 22 heavy (non-hydrogen) atoms. The second kappa shape index (κ2) is 7.82. The molecule has 0 atom stereocenters. The van der Waals surface area contributed by atoms with Gasteiger partial charge >= 0.3 is 5.97 Å². The highest BCUT2D eigenvalue weighted by Crippen LogP contribution is 2.24. The van der Waals surface area contributed by atoms with Gasteiger partial charge in [-0.05, 0) is 50.3 Å². The molecule has 1 aromatic carbocycles. The highest BCUT2D eigenvalue weighted by Gasteiger charge is 2.18. The number of aliphatic carboxylic acids is 1. The van der Waals surface area contributed by atoms with E-state index in [1.54, 1.807) is 24.1 Å². The number of hydrogen-bond acceptors (Lipinski definition) is 3. The maximum atomic E-state index is 12.3. The Hall–Kier alpha value is -2.04. The number of carboxylic acids is 1. The molecule has 1 aliphatic rings. The van der Waals surface area contributed by atoms with E-state index in [0.29, 0.717) is 18.5 Å². The third-order valence-electron chi connectivity index (χ3n) is 3.92. The van der Waals surface area contributed by atoms with Crippen molar-refractivity contribution in [2.24, 2.45) is 0 Å². The smallest absolute Gasteiger partial charge is 0.303 e. The van der Waals surface area contributed by atoms with Crippen molar-refractivity contribution < 1.29 is 19.4 Å². The summed E-state index contributed by atoms with van der Waals surface area (Å²) in [6, 6.07) is 7.23. The average molecular weight is 305 g/mol. The van der Waals surface area contributed by atoms with Crippen LogP contribution in [0.25, 0.3) is 0 Å². The molecular formula is C17H23NO4. The quantitative estimate of drug-likeness (QED) is 0.841. The molecule has 0 radical (unpaired) electrons. The molecule has 2 rings (SSSR count). The summed E-state index contributed by atoms with van der Waals surface area (Å²) < 4.78 is 5.91. The van der Waals surface area contributed by atoms with Crippen molar-refractivity contribution in [2.45, 2.75) is 44.6 Å². The van der Waals surface area contributed by atoms with Crippen molar-refractivity contribution in [3.63, 3.8) is 0 Å². The SMILES string of the molecule is CN(CCCC(=O)O)C(=O)c1cccc(OC2CCCC2)c1. The van der Waals surface area contributed by atoms with E-state index < -0.39 is 5.97 Å². The van der Waals surface area contributed by atoms with E-state index in [2.05, 4.69) is 0 Å². The third kappa shape index (κ3) is 4.76. The monoisotopic (exact) mass is 305 g/mol. The summed E-state index contributed by atoms with van der Waals surface area (Å²) in [6.07, 6.45) is 5.35. The predicted molar refractivity (Wildman–Crippen MR) is 83.2 cm³/mol. The van der Waals surface area contributed by atoms with Crippen LogP contribution in [0.2, 0.25) is 0 Å². The predicted octanol–water partition coefficient (Wildman–Crippen LogP) is 2.94. The van der Waals surface area contributed by atoms with Gasteiger partial charge in [-0.2, -0.15) is 0 Å². The average Bonchev–Trinajstić information content (AvgIpc) is 2.99. The molecule has 120 valence electrons. The Bertz CT molecular complexity index is 523. The fraction of sp³-hybridized carbons (Fsp3) is 0.529. The zero-order chi connectivity index (χ0) is 15.9. The van der Waals surface area contributed by atoms with Crippen LogP contribution in [0.3, 0.4) is 0 Å². The normalized spacial score (nSPS) is 14.8. The molecular weight excluding hydrogens is 282 g/mol. The van der Waals surface area contributed by atoms with Crippen molar-refractivity contribution in [1.29, 1.82) is 0 Å². The van der Waals surface area contributed by atoms with Crippen LogP contribution in [0, 0.1) is 0 Å². The molecule has 0 saturated heterocycles. The number of carboxylic acid groups (broad SMARTS) is 1. The van der Waals surface area contributed by atoms with Crippen molar-refractivity contribution in [2.75, 3.05) is 13.6 Å². The number of carbonyl (C=O) groups is 2. The highest BCUT2D eigenvalue weighted by molar-refractivity contribution is 5.94. The first-order chi connectivity index (χ1) is 10.6. The summed E-state index contributed by atoms with van der Waals surface area (Å²) in [5, 5.41) is 8.63. The zero-order valence-electron chi connectivity index (χ0n) is 13.0. The van der Waals surface area contributed by atoms with Crippen LogP contribution < -0.4 is 4.74 Å². The summed E-state index contributed by atoms with van der Waals surface area (Å²) in [5.74, 6) is -0.216. The molecule has 0 heterocycles. The van der Waals surface area contributed by atoms with E-state index in [9.17, 15) is 9.59 Å². The zero-order valence-corrected chi connectivity index (χ0v) is 13.0. The van der Waals surface area contributed by atoms with Crippen molar-refractivity contribution in [3.8, 4) is 5.75 Å². The topological polar surface area (TPSA) is 66.8 Å². The van der Waals surface area contributed by atoms with Crippen LogP contribution in [0.5, 0.6) is 5.75 Å². The Morgan fingerprint density at radius 2 is 2.05 bits per heavy atom. The van der Waals surface area contributed by atoms with Crippen molar-refractivity contribution in [1.82, 2.24) is 4.90 Å². The first kappa shape index (κ1) is 16.3. The van der Waals surface area contributed by atoms with Crippen LogP contribution >= 0.6 is 0 Å². The van der Waals surface area contributed by atoms with Gasteiger partial charge in [0.25, 0.3) is 5.91 Å². The Labute approximate surface area is 130 Å². The molecule has 0 bridgehead atoms. The lowest BCUT2D eigenvalue weighted by atomic mass is 10.2. The van der Waals surface area contributed by atoms with Gasteiger partial charge in [-0.25, -0.2) is 0 Å². The third-order valence-corrected chi connectivity index (χ3v) is 3.92. The minimum atomic E-state index is -0.840. The van der Waals surface area contributed by atoms with Crippen LogP contribution in [-0.4, -0.2) is 41.6 Å². The largest absolute Gasteiger partial charge is 0.490 e. The summed E-state index contributed by atoms with van der Waals surface area (Å²) in [4.78, 5) is 24.4. The second-order valence-corrected chi connectivity index (χ2v) is 5.78. The fourth-order valence-corrected chi connectivity index (χ4v) is 2.69. The molecule has 1 aromatic rings. The molecule has 0 unspecified atom stereocenters. The molecule has 1 saturated carbocycles. The van der Waals surface area contributed by atoms with Gasteiger partial charge < -0.3 is 14.7 Å². The molecule has 1 aliphatic carbocycles.